The number of fused-ring (bicyclic) bond motifs is 1. The number of nitrogens with zero attached hydrogens (tertiary/aromatic N) is 5. The van der Waals surface area contributed by atoms with Gasteiger partial charge in [-0.05, 0) is 40.8 Å². The van der Waals surface area contributed by atoms with Crippen LogP contribution in [0.2, 0.25) is 0 Å². The Balaban J connectivity index is 1.94. The number of phenols is 1. The molecule has 84 valence electrons. The van der Waals surface area contributed by atoms with Gasteiger partial charge in [0.05, 0.1) is 0 Å². The molecule has 0 aliphatic carbocycles. The first kappa shape index (κ1) is 10.0. The maximum atomic E-state index is 9.36. The molecule has 17 heavy (non-hydrogen) atoms. The van der Waals surface area contributed by atoms with Crippen LogP contribution >= 0.6 is 11.8 Å². The summed E-state index contributed by atoms with van der Waals surface area (Å²) in [4.78, 5) is 0.907. The van der Waals surface area contributed by atoms with E-state index in [0.29, 0.717) is 5.65 Å². The van der Waals surface area contributed by atoms with Crippen molar-refractivity contribution in [2.24, 2.45) is 0 Å². The number of tetrazole rings is 1. The minimum absolute atomic E-state index is 0.235. The van der Waals surface area contributed by atoms with Gasteiger partial charge >= 0.3 is 0 Å². The van der Waals surface area contributed by atoms with Gasteiger partial charge in [0.2, 0.25) is 0 Å². The maximum Gasteiger partial charge on any atom is 0.200 e. The average Bonchev–Trinajstić information content (AvgIpc) is 2.76. The Morgan fingerprint density at radius 3 is 3.00 bits per heavy atom. The Kier molecular flexibility index (Phi) is 2.37. The zero-order valence-corrected chi connectivity index (χ0v) is 9.37. The van der Waals surface area contributed by atoms with Crippen molar-refractivity contribution in [3.8, 4) is 5.75 Å². The van der Waals surface area contributed by atoms with Gasteiger partial charge in [0, 0.05) is 4.90 Å². The molecular formula is C10H7N5OS. The lowest BCUT2D eigenvalue weighted by molar-refractivity contribution is 0.474. The van der Waals surface area contributed by atoms with Crippen molar-refractivity contribution < 1.29 is 5.11 Å². The Labute approximate surface area is 100 Å². The fraction of sp³-hybridized carbons (Fsp3) is 0. The number of hydrogen-bond donors (Lipinski definition) is 1. The van der Waals surface area contributed by atoms with Crippen molar-refractivity contribution in [2.75, 3.05) is 0 Å². The summed E-state index contributed by atoms with van der Waals surface area (Å²) in [6, 6.07) is 10.6. The van der Waals surface area contributed by atoms with Gasteiger partial charge in [-0.3, -0.25) is 0 Å². The second-order valence-corrected chi connectivity index (χ2v) is 4.39. The molecule has 0 amide bonds. The minimum atomic E-state index is 0.235. The lowest BCUT2D eigenvalue weighted by Gasteiger charge is -2.00. The fourth-order valence-electron chi connectivity index (χ4n) is 1.36. The molecular weight excluding hydrogens is 238 g/mol. The molecule has 0 unspecified atom stereocenters. The molecule has 7 heteroatoms. The van der Waals surface area contributed by atoms with Crippen molar-refractivity contribution in [2.45, 2.75) is 9.92 Å². The highest BCUT2D eigenvalue weighted by Gasteiger charge is 2.03. The third-order valence-electron chi connectivity index (χ3n) is 2.09. The van der Waals surface area contributed by atoms with E-state index in [0.717, 1.165) is 9.92 Å². The molecule has 1 N–H and O–H groups in total. The molecule has 0 atom stereocenters. The van der Waals surface area contributed by atoms with Crippen LogP contribution in [0.15, 0.2) is 46.3 Å². The van der Waals surface area contributed by atoms with E-state index < -0.39 is 0 Å². The minimum Gasteiger partial charge on any atom is -0.508 e. The van der Waals surface area contributed by atoms with E-state index in [1.807, 2.05) is 12.1 Å². The molecule has 0 radical (unpaired) electrons. The number of rotatable bonds is 2. The van der Waals surface area contributed by atoms with Gasteiger partial charge in [-0.15, -0.1) is 14.8 Å². The normalized spacial score (nSPS) is 10.8. The molecule has 0 aliphatic rings. The number of benzene rings is 1. The zero-order valence-electron chi connectivity index (χ0n) is 8.56. The summed E-state index contributed by atoms with van der Waals surface area (Å²) >= 11 is 1.43. The molecule has 1 aromatic carbocycles. The zero-order chi connectivity index (χ0) is 11.7. The third kappa shape index (κ3) is 2.04. The van der Waals surface area contributed by atoms with Crippen molar-refractivity contribution in [3.63, 3.8) is 0 Å². The first-order chi connectivity index (χ1) is 8.31. The molecule has 0 saturated carbocycles. The first-order valence-electron chi connectivity index (χ1n) is 4.83. The predicted molar refractivity (Wildman–Crippen MR) is 60.8 cm³/mol. The standard InChI is InChI=1S/C10H7N5OS/c16-7-2-1-3-8(6-7)17-10-5-4-9-11-13-14-15(9)12-10/h1-6,16H. The topological polar surface area (TPSA) is 76.2 Å². The molecule has 3 aromatic rings. The lowest BCUT2D eigenvalue weighted by atomic mass is 10.3. The third-order valence-corrected chi connectivity index (χ3v) is 3.00. The Morgan fingerprint density at radius 2 is 2.12 bits per heavy atom. The smallest absolute Gasteiger partial charge is 0.200 e. The van der Waals surface area contributed by atoms with E-state index in [-0.39, 0.29) is 5.75 Å². The molecule has 3 rings (SSSR count). The van der Waals surface area contributed by atoms with Crippen LogP contribution in [0.4, 0.5) is 0 Å². The van der Waals surface area contributed by atoms with E-state index in [1.165, 1.54) is 16.4 Å². The second kappa shape index (κ2) is 4.02. The van der Waals surface area contributed by atoms with Gasteiger partial charge < -0.3 is 5.11 Å². The summed E-state index contributed by atoms with van der Waals surface area (Å²) in [6.45, 7) is 0. The van der Waals surface area contributed by atoms with Crippen molar-refractivity contribution >= 4 is 17.4 Å². The van der Waals surface area contributed by atoms with Gasteiger partial charge in [-0.2, -0.15) is 0 Å². The highest BCUT2D eigenvalue weighted by Crippen LogP contribution is 2.27. The van der Waals surface area contributed by atoms with E-state index in [4.69, 9.17) is 0 Å². The molecule has 2 heterocycles. The van der Waals surface area contributed by atoms with Gasteiger partial charge in [-0.1, -0.05) is 17.8 Å². The molecule has 0 aliphatic heterocycles. The number of aromatic nitrogens is 5. The summed E-state index contributed by atoms with van der Waals surface area (Å²) in [7, 11) is 0. The van der Waals surface area contributed by atoms with E-state index in [9.17, 15) is 5.11 Å². The van der Waals surface area contributed by atoms with Crippen LogP contribution in [0, 0.1) is 0 Å². The summed E-state index contributed by atoms with van der Waals surface area (Å²) in [5, 5.41) is 25.3. The Bertz CT molecular complexity index is 668. The van der Waals surface area contributed by atoms with Crippen molar-refractivity contribution in [1.29, 1.82) is 0 Å². The van der Waals surface area contributed by atoms with Gasteiger partial charge in [0.1, 0.15) is 10.8 Å². The summed E-state index contributed by atoms with van der Waals surface area (Å²) < 4.78 is 1.37. The average molecular weight is 245 g/mol. The van der Waals surface area contributed by atoms with Crippen LogP contribution in [0.25, 0.3) is 5.65 Å². The van der Waals surface area contributed by atoms with Crippen molar-refractivity contribution in [3.05, 3.63) is 36.4 Å². The first-order valence-corrected chi connectivity index (χ1v) is 5.65. The summed E-state index contributed by atoms with van der Waals surface area (Å²) in [5.41, 5.74) is 0.602. The highest BCUT2D eigenvalue weighted by molar-refractivity contribution is 7.99. The largest absolute Gasteiger partial charge is 0.508 e. The quantitative estimate of drug-likeness (QED) is 0.735. The van der Waals surface area contributed by atoms with E-state index in [2.05, 4.69) is 20.6 Å². The Morgan fingerprint density at radius 1 is 1.18 bits per heavy atom. The van der Waals surface area contributed by atoms with Crippen LogP contribution < -0.4 is 0 Å². The molecule has 0 spiro atoms. The highest BCUT2D eigenvalue weighted by atomic mass is 32.2. The molecule has 0 saturated heterocycles. The SMILES string of the molecule is Oc1cccc(Sc2ccc3nnnn3n2)c1. The van der Waals surface area contributed by atoms with Crippen molar-refractivity contribution in [1.82, 2.24) is 25.3 Å². The lowest BCUT2D eigenvalue weighted by Crippen LogP contribution is -1.94. The summed E-state index contributed by atoms with van der Waals surface area (Å²) in [6.07, 6.45) is 0. The van der Waals surface area contributed by atoms with Gasteiger partial charge in [-0.25, -0.2) is 0 Å². The summed E-state index contributed by atoms with van der Waals surface area (Å²) in [5.74, 6) is 0.235. The fourth-order valence-corrected chi connectivity index (χ4v) is 2.18. The molecule has 2 aromatic heterocycles. The predicted octanol–water partition coefficient (Wildman–Crippen LogP) is 1.38. The molecule has 0 bridgehead atoms. The number of aromatic hydroxyl groups is 1. The maximum absolute atomic E-state index is 9.36. The van der Waals surface area contributed by atoms with E-state index >= 15 is 0 Å². The van der Waals surface area contributed by atoms with Crippen LogP contribution in [-0.2, 0) is 0 Å². The van der Waals surface area contributed by atoms with Crippen LogP contribution in [0.1, 0.15) is 0 Å². The second-order valence-electron chi connectivity index (χ2n) is 3.30. The molecule has 0 fully saturated rings. The Hall–Kier alpha value is -2.15. The van der Waals surface area contributed by atoms with Crippen LogP contribution in [-0.4, -0.2) is 30.4 Å². The van der Waals surface area contributed by atoms with Gasteiger partial charge in [0.15, 0.2) is 5.65 Å². The van der Waals surface area contributed by atoms with Gasteiger partial charge in [0.25, 0.3) is 0 Å². The van der Waals surface area contributed by atoms with Crippen LogP contribution in [0.3, 0.4) is 0 Å². The van der Waals surface area contributed by atoms with Crippen LogP contribution in [0.5, 0.6) is 5.75 Å². The molecule has 6 nitrogen and oxygen atoms in total. The number of phenolic OH excluding ortho intramolecular Hbond substituents is 1. The van der Waals surface area contributed by atoms with E-state index in [1.54, 1.807) is 24.3 Å². The monoisotopic (exact) mass is 245 g/mol. The number of hydrogen-bond acceptors (Lipinski definition) is 6.